The van der Waals surface area contributed by atoms with Crippen LogP contribution in [0.1, 0.15) is 39.0 Å². The first-order valence-corrected chi connectivity index (χ1v) is 8.56. The van der Waals surface area contributed by atoms with Crippen LogP contribution in [0, 0.1) is 5.92 Å². The molecule has 0 spiro atoms. The molecule has 2 aliphatic rings. The maximum absolute atomic E-state index is 12.3. The molecule has 2 unspecified atom stereocenters. The van der Waals surface area contributed by atoms with Gasteiger partial charge in [0.15, 0.2) is 0 Å². The minimum atomic E-state index is -3.01. The molecule has 2 atom stereocenters. The summed E-state index contributed by atoms with van der Waals surface area (Å²) in [5.41, 5.74) is 0. The molecule has 1 aliphatic carbocycles. The second-order valence-corrected chi connectivity index (χ2v) is 8.48. The molecular formula is C11H20BrNO2S. The number of rotatable bonds is 2. The van der Waals surface area contributed by atoms with Crippen molar-refractivity contribution >= 4 is 26.0 Å². The van der Waals surface area contributed by atoms with Gasteiger partial charge in [0, 0.05) is 17.9 Å². The van der Waals surface area contributed by atoms with Crippen molar-refractivity contribution in [1.29, 1.82) is 0 Å². The van der Waals surface area contributed by atoms with Gasteiger partial charge in [-0.2, -0.15) is 0 Å². The van der Waals surface area contributed by atoms with Crippen LogP contribution in [0.3, 0.4) is 0 Å². The zero-order valence-electron chi connectivity index (χ0n) is 9.73. The number of sulfonamides is 1. The van der Waals surface area contributed by atoms with Crippen LogP contribution in [-0.4, -0.2) is 35.9 Å². The lowest BCUT2D eigenvalue weighted by Crippen LogP contribution is -2.46. The number of piperidine rings is 1. The quantitative estimate of drug-likeness (QED) is 0.734. The van der Waals surface area contributed by atoms with Gasteiger partial charge in [0.2, 0.25) is 10.0 Å². The highest BCUT2D eigenvalue weighted by Gasteiger charge is 2.37. The molecule has 16 heavy (non-hydrogen) atoms. The maximum atomic E-state index is 12.3. The maximum Gasteiger partial charge on any atom is 0.217 e. The molecule has 0 aromatic carbocycles. The summed E-state index contributed by atoms with van der Waals surface area (Å²) in [5, 5.41) is -0.0967. The van der Waals surface area contributed by atoms with Crippen molar-refractivity contribution in [2.24, 2.45) is 5.92 Å². The van der Waals surface area contributed by atoms with E-state index < -0.39 is 10.0 Å². The Bertz CT molecular complexity index is 338. The van der Waals surface area contributed by atoms with Gasteiger partial charge in [-0.05, 0) is 25.2 Å². The summed E-state index contributed by atoms with van der Waals surface area (Å²) in [6.45, 7) is 3.54. The molecule has 0 radical (unpaired) electrons. The summed E-state index contributed by atoms with van der Waals surface area (Å²) in [5.74, 6) is 0.579. The lowest BCUT2D eigenvalue weighted by atomic mass is 10.0. The van der Waals surface area contributed by atoms with Crippen molar-refractivity contribution in [3.05, 3.63) is 0 Å². The fraction of sp³-hybridized carbons (Fsp3) is 1.00. The summed E-state index contributed by atoms with van der Waals surface area (Å²) in [6.07, 6.45) is 4.85. The van der Waals surface area contributed by atoms with Crippen LogP contribution >= 0.6 is 15.9 Å². The first-order chi connectivity index (χ1) is 7.51. The number of hydrogen-bond donors (Lipinski definition) is 0. The molecular weight excluding hydrogens is 290 g/mol. The van der Waals surface area contributed by atoms with Gasteiger partial charge in [-0.15, -0.1) is 0 Å². The molecule has 1 heterocycles. The van der Waals surface area contributed by atoms with Crippen molar-refractivity contribution in [3.63, 3.8) is 0 Å². The van der Waals surface area contributed by atoms with E-state index in [1.165, 1.54) is 0 Å². The molecule has 3 nitrogen and oxygen atoms in total. The molecule has 0 bridgehead atoms. The smallest absolute Gasteiger partial charge is 0.212 e. The lowest BCUT2D eigenvalue weighted by Gasteiger charge is -2.34. The van der Waals surface area contributed by atoms with Crippen LogP contribution in [-0.2, 0) is 10.0 Å². The molecule has 1 aliphatic heterocycles. The number of hydrogen-bond acceptors (Lipinski definition) is 2. The molecule has 94 valence electrons. The topological polar surface area (TPSA) is 37.4 Å². The van der Waals surface area contributed by atoms with E-state index >= 15 is 0 Å². The zero-order valence-corrected chi connectivity index (χ0v) is 12.1. The van der Waals surface area contributed by atoms with E-state index in [0.717, 1.165) is 32.1 Å². The third-order valence-electron chi connectivity index (χ3n) is 3.91. The van der Waals surface area contributed by atoms with E-state index in [2.05, 4.69) is 22.9 Å². The third-order valence-corrected chi connectivity index (χ3v) is 7.47. The Balaban J connectivity index is 2.06. The van der Waals surface area contributed by atoms with Gasteiger partial charge >= 0.3 is 0 Å². The standard InChI is InChI=1S/C11H20BrNO2S/c1-9-6-7-13(8-11(9)12)16(14,15)10-4-2-3-5-10/h9-11H,2-8H2,1H3. The van der Waals surface area contributed by atoms with Gasteiger partial charge in [0.05, 0.1) is 5.25 Å². The van der Waals surface area contributed by atoms with Gasteiger partial charge < -0.3 is 0 Å². The van der Waals surface area contributed by atoms with Gasteiger partial charge in [0.1, 0.15) is 0 Å². The van der Waals surface area contributed by atoms with Crippen LogP contribution in [0.2, 0.25) is 0 Å². The average molecular weight is 310 g/mol. The van der Waals surface area contributed by atoms with E-state index in [1.807, 2.05) is 0 Å². The van der Waals surface area contributed by atoms with E-state index in [0.29, 0.717) is 23.8 Å². The SMILES string of the molecule is CC1CCN(S(=O)(=O)C2CCCC2)CC1Br. The summed E-state index contributed by atoms with van der Waals surface area (Å²) < 4.78 is 26.4. The second-order valence-electron chi connectivity index (χ2n) is 5.09. The van der Waals surface area contributed by atoms with Crippen LogP contribution in [0.15, 0.2) is 0 Å². The molecule has 5 heteroatoms. The van der Waals surface area contributed by atoms with E-state index in [9.17, 15) is 8.42 Å². The predicted molar refractivity (Wildman–Crippen MR) is 69.2 cm³/mol. The Morgan fingerprint density at radius 2 is 1.81 bits per heavy atom. The fourth-order valence-electron chi connectivity index (χ4n) is 2.62. The summed E-state index contributed by atoms with van der Waals surface area (Å²) >= 11 is 3.59. The second kappa shape index (κ2) is 4.94. The lowest BCUT2D eigenvalue weighted by molar-refractivity contribution is 0.297. The number of halogens is 1. The molecule has 2 fully saturated rings. The summed E-state index contributed by atoms with van der Waals surface area (Å²) in [6, 6.07) is 0. The largest absolute Gasteiger partial charge is 0.217 e. The Morgan fingerprint density at radius 1 is 1.19 bits per heavy atom. The van der Waals surface area contributed by atoms with Crippen molar-refractivity contribution < 1.29 is 8.42 Å². The molecule has 1 saturated heterocycles. The Kier molecular flexibility index (Phi) is 3.97. The van der Waals surface area contributed by atoms with Crippen molar-refractivity contribution in [2.75, 3.05) is 13.1 Å². The van der Waals surface area contributed by atoms with E-state index in [1.54, 1.807) is 4.31 Å². The molecule has 0 aromatic rings. The van der Waals surface area contributed by atoms with Gasteiger partial charge in [0.25, 0.3) is 0 Å². The predicted octanol–water partition coefficient (Wildman–Crippen LogP) is 2.36. The normalized spacial score (nSPS) is 34.4. The minimum absolute atomic E-state index is 0.0967. The van der Waals surface area contributed by atoms with E-state index in [4.69, 9.17) is 0 Å². The minimum Gasteiger partial charge on any atom is -0.212 e. The van der Waals surface area contributed by atoms with Crippen LogP contribution < -0.4 is 0 Å². The molecule has 1 saturated carbocycles. The Morgan fingerprint density at radius 3 is 2.38 bits per heavy atom. The van der Waals surface area contributed by atoms with Crippen LogP contribution in [0.4, 0.5) is 0 Å². The van der Waals surface area contributed by atoms with Crippen molar-refractivity contribution in [1.82, 2.24) is 4.31 Å². The summed E-state index contributed by atoms with van der Waals surface area (Å²) in [4.78, 5) is 0.317. The molecule has 0 amide bonds. The highest BCUT2D eigenvalue weighted by Crippen LogP contribution is 2.31. The highest BCUT2D eigenvalue weighted by molar-refractivity contribution is 9.09. The zero-order chi connectivity index (χ0) is 11.8. The fourth-order valence-corrected chi connectivity index (χ4v) is 5.51. The Labute approximate surface area is 107 Å². The first-order valence-electron chi connectivity index (χ1n) is 6.15. The molecule has 0 N–H and O–H groups in total. The number of nitrogens with zero attached hydrogens (tertiary/aromatic N) is 1. The van der Waals surface area contributed by atoms with Crippen LogP contribution in [0.5, 0.6) is 0 Å². The highest BCUT2D eigenvalue weighted by atomic mass is 79.9. The monoisotopic (exact) mass is 309 g/mol. The van der Waals surface area contributed by atoms with Gasteiger partial charge in [-0.3, -0.25) is 0 Å². The van der Waals surface area contributed by atoms with E-state index in [-0.39, 0.29) is 5.25 Å². The third kappa shape index (κ3) is 2.46. The van der Waals surface area contributed by atoms with Crippen molar-refractivity contribution in [3.8, 4) is 0 Å². The molecule has 0 aromatic heterocycles. The molecule has 2 rings (SSSR count). The number of alkyl halides is 1. The average Bonchev–Trinajstić information content (AvgIpc) is 2.75. The van der Waals surface area contributed by atoms with Crippen molar-refractivity contribution in [2.45, 2.75) is 49.1 Å². The summed E-state index contributed by atoms with van der Waals surface area (Å²) in [7, 11) is -3.01. The first kappa shape index (κ1) is 12.8. The van der Waals surface area contributed by atoms with Crippen LogP contribution in [0.25, 0.3) is 0 Å². The van der Waals surface area contributed by atoms with Gasteiger partial charge in [-0.1, -0.05) is 35.7 Å². The van der Waals surface area contributed by atoms with Gasteiger partial charge in [-0.25, -0.2) is 12.7 Å². The Hall–Kier alpha value is 0.390.